The first-order valence-electron chi connectivity index (χ1n) is 7.38. The van der Waals surface area contributed by atoms with Gasteiger partial charge in [-0.1, -0.05) is 6.07 Å². The quantitative estimate of drug-likeness (QED) is 0.783. The highest BCUT2D eigenvalue weighted by atomic mass is 16.2. The average molecular weight is 276 g/mol. The predicted molar refractivity (Wildman–Crippen MR) is 79.0 cm³/mol. The molecule has 0 bridgehead atoms. The Morgan fingerprint density at radius 3 is 2.70 bits per heavy atom. The van der Waals surface area contributed by atoms with Crippen LogP contribution in [0, 0.1) is 0 Å². The van der Waals surface area contributed by atoms with Gasteiger partial charge in [-0.2, -0.15) is 0 Å². The Morgan fingerprint density at radius 2 is 2.05 bits per heavy atom. The minimum Gasteiger partial charge on any atom is -0.340 e. The lowest BCUT2D eigenvalue weighted by Crippen LogP contribution is -2.48. The van der Waals surface area contributed by atoms with Crippen LogP contribution < -0.4 is 5.73 Å². The summed E-state index contributed by atoms with van der Waals surface area (Å²) in [5.41, 5.74) is 6.68. The third-order valence-corrected chi connectivity index (χ3v) is 3.70. The minimum absolute atomic E-state index is 0.277. The zero-order valence-corrected chi connectivity index (χ0v) is 12.0. The van der Waals surface area contributed by atoms with E-state index in [1.54, 1.807) is 6.20 Å². The molecule has 1 amide bonds. The fourth-order valence-electron chi connectivity index (χ4n) is 2.48. The molecular formula is C15H24N4O. The molecule has 0 unspecified atom stereocenters. The molecule has 0 spiro atoms. The first-order valence-corrected chi connectivity index (χ1v) is 7.38. The molecule has 0 radical (unpaired) electrons. The summed E-state index contributed by atoms with van der Waals surface area (Å²) in [6.07, 6.45) is 6.18. The summed E-state index contributed by atoms with van der Waals surface area (Å²) in [5.74, 6) is 0.277. The van der Waals surface area contributed by atoms with E-state index in [1.807, 2.05) is 17.2 Å². The number of hydrogen-bond acceptors (Lipinski definition) is 4. The van der Waals surface area contributed by atoms with Gasteiger partial charge < -0.3 is 10.6 Å². The van der Waals surface area contributed by atoms with Crippen LogP contribution in [0.5, 0.6) is 0 Å². The maximum Gasteiger partial charge on any atom is 0.222 e. The Hall–Kier alpha value is -1.46. The zero-order chi connectivity index (χ0) is 14.2. The maximum atomic E-state index is 12.0. The van der Waals surface area contributed by atoms with Crippen LogP contribution in [0.4, 0.5) is 0 Å². The molecule has 2 heterocycles. The molecule has 5 nitrogen and oxygen atoms in total. The van der Waals surface area contributed by atoms with Crippen molar-refractivity contribution in [3.8, 4) is 0 Å². The number of piperazine rings is 1. The fraction of sp³-hybridized carbons (Fsp3) is 0.600. The number of rotatable bonds is 6. The van der Waals surface area contributed by atoms with Gasteiger partial charge in [0.25, 0.3) is 0 Å². The summed E-state index contributed by atoms with van der Waals surface area (Å²) in [6.45, 7) is 5.15. The van der Waals surface area contributed by atoms with E-state index in [9.17, 15) is 4.79 Å². The monoisotopic (exact) mass is 276 g/mol. The van der Waals surface area contributed by atoms with Gasteiger partial charge in [-0.05, 0) is 31.0 Å². The predicted octanol–water partition coefficient (Wildman–Crippen LogP) is 0.855. The van der Waals surface area contributed by atoms with E-state index >= 15 is 0 Å². The second-order valence-corrected chi connectivity index (χ2v) is 5.26. The summed E-state index contributed by atoms with van der Waals surface area (Å²) in [4.78, 5) is 20.5. The largest absolute Gasteiger partial charge is 0.340 e. The van der Waals surface area contributed by atoms with Gasteiger partial charge in [0.05, 0.1) is 0 Å². The van der Waals surface area contributed by atoms with Crippen LogP contribution in [0.15, 0.2) is 24.5 Å². The lowest BCUT2D eigenvalue weighted by atomic mass is 10.2. The van der Waals surface area contributed by atoms with E-state index in [1.165, 1.54) is 5.56 Å². The van der Waals surface area contributed by atoms with E-state index in [4.69, 9.17) is 5.73 Å². The van der Waals surface area contributed by atoms with Gasteiger partial charge in [0.2, 0.25) is 5.91 Å². The van der Waals surface area contributed by atoms with Gasteiger partial charge in [0, 0.05) is 51.5 Å². The van der Waals surface area contributed by atoms with Crippen molar-refractivity contribution in [3.63, 3.8) is 0 Å². The number of pyridine rings is 1. The van der Waals surface area contributed by atoms with E-state index in [0.717, 1.165) is 45.6 Å². The highest BCUT2D eigenvalue weighted by Gasteiger charge is 2.20. The number of nitrogens with zero attached hydrogens (tertiary/aromatic N) is 3. The molecule has 110 valence electrons. The van der Waals surface area contributed by atoms with Crippen molar-refractivity contribution in [3.05, 3.63) is 30.1 Å². The van der Waals surface area contributed by atoms with Crippen molar-refractivity contribution in [2.75, 3.05) is 32.7 Å². The third-order valence-electron chi connectivity index (χ3n) is 3.70. The molecule has 1 saturated heterocycles. The second-order valence-electron chi connectivity index (χ2n) is 5.26. The molecule has 1 aromatic rings. The van der Waals surface area contributed by atoms with Gasteiger partial charge in [-0.3, -0.25) is 14.7 Å². The molecule has 0 atom stereocenters. The van der Waals surface area contributed by atoms with Gasteiger partial charge in [-0.15, -0.1) is 0 Å². The molecule has 0 saturated carbocycles. The van der Waals surface area contributed by atoms with Crippen LogP contribution in [-0.2, 0) is 11.3 Å². The standard InChI is InChI=1S/C15H24N4O/c16-6-2-1-5-15(20)19-10-8-18(9-11-19)13-14-4-3-7-17-12-14/h3-4,7,12H,1-2,5-6,8-11,13,16H2. The van der Waals surface area contributed by atoms with Crippen LogP contribution >= 0.6 is 0 Å². The Morgan fingerprint density at radius 1 is 1.25 bits per heavy atom. The van der Waals surface area contributed by atoms with Gasteiger partial charge in [0.15, 0.2) is 0 Å². The smallest absolute Gasteiger partial charge is 0.222 e. The number of hydrogen-bond donors (Lipinski definition) is 1. The van der Waals surface area contributed by atoms with Crippen molar-refractivity contribution >= 4 is 5.91 Å². The Kier molecular flexibility index (Phi) is 5.95. The second kappa shape index (κ2) is 7.97. The Bertz CT molecular complexity index is 402. The van der Waals surface area contributed by atoms with Crippen LogP contribution in [0.3, 0.4) is 0 Å². The molecule has 20 heavy (non-hydrogen) atoms. The molecule has 0 aromatic carbocycles. The van der Waals surface area contributed by atoms with Crippen molar-refractivity contribution in [2.45, 2.75) is 25.8 Å². The number of carbonyl (C=O) groups excluding carboxylic acids is 1. The number of nitrogens with two attached hydrogens (primary N) is 1. The maximum absolute atomic E-state index is 12.0. The molecule has 1 aliphatic rings. The van der Waals surface area contributed by atoms with Gasteiger partial charge >= 0.3 is 0 Å². The molecular weight excluding hydrogens is 252 g/mol. The molecule has 2 N–H and O–H groups in total. The van der Waals surface area contributed by atoms with E-state index in [0.29, 0.717) is 13.0 Å². The van der Waals surface area contributed by atoms with E-state index in [2.05, 4.69) is 16.0 Å². The summed E-state index contributed by atoms with van der Waals surface area (Å²) in [7, 11) is 0. The first-order chi connectivity index (χ1) is 9.79. The van der Waals surface area contributed by atoms with Crippen molar-refractivity contribution in [1.82, 2.24) is 14.8 Å². The Balaban J connectivity index is 1.71. The highest BCUT2D eigenvalue weighted by molar-refractivity contribution is 5.76. The summed E-state index contributed by atoms with van der Waals surface area (Å²) >= 11 is 0. The van der Waals surface area contributed by atoms with Crippen molar-refractivity contribution in [1.29, 1.82) is 0 Å². The molecule has 2 rings (SSSR count). The molecule has 0 aliphatic carbocycles. The first kappa shape index (κ1) is 14.9. The number of carbonyl (C=O) groups is 1. The van der Waals surface area contributed by atoms with E-state index in [-0.39, 0.29) is 5.91 Å². The zero-order valence-electron chi connectivity index (χ0n) is 12.0. The molecule has 1 fully saturated rings. The summed E-state index contributed by atoms with van der Waals surface area (Å²) in [5, 5.41) is 0. The number of amides is 1. The SMILES string of the molecule is NCCCCC(=O)N1CCN(Cc2cccnc2)CC1. The van der Waals surface area contributed by atoms with Gasteiger partial charge in [-0.25, -0.2) is 0 Å². The minimum atomic E-state index is 0.277. The van der Waals surface area contributed by atoms with Crippen LogP contribution in [-0.4, -0.2) is 53.4 Å². The van der Waals surface area contributed by atoms with Gasteiger partial charge in [0.1, 0.15) is 0 Å². The molecule has 5 heteroatoms. The van der Waals surface area contributed by atoms with Crippen LogP contribution in [0.1, 0.15) is 24.8 Å². The van der Waals surface area contributed by atoms with Crippen molar-refractivity contribution in [2.24, 2.45) is 5.73 Å². The number of aromatic nitrogens is 1. The normalized spacial score (nSPS) is 16.4. The topological polar surface area (TPSA) is 62.5 Å². The Labute approximate surface area is 120 Å². The molecule has 1 aromatic heterocycles. The average Bonchev–Trinajstić information content (AvgIpc) is 2.49. The third kappa shape index (κ3) is 4.58. The summed E-state index contributed by atoms with van der Waals surface area (Å²) < 4.78 is 0. The number of unbranched alkanes of at least 4 members (excludes halogenated alkanes) is 1. The lowest BCUT2D eigenvalue weighted by molar-refractivity contribution is -0.133. The van der Waals surface area contributed by atoms with Crippen molar-refractivity contribution < 1.29 is 4.79 Å². The summed E-state index contributed by atoms with van der Waals surface area (Å²) in [6, 6.07) is 4.06. The van der Waals surface area contributed by atoms with Crippen LogP contribution in [0.25, 0.3) is 0 Å². The highest BCUT2D eigenvalue weighted by Crippen LogP contribution is 2.09. The van der Waals surface area contributed by atoms with E-state index < -0.39 is 0 Å². The lowest BCUT2D eigenvalue weighted by Gasteiger charge is -2.34. The van der Waals surface area contributed by atoms with Crippen LogP contribution in [0.2, 0.25) is 0 Å². The molecule has 1 aliphatic heterocycles. The fourth-order valence-corrected chi connectivity index (χ4v) is 2.48.